The van der Waals surface area contributed by atoms with Crippen LogP contribution in [0, 0.1) is 6.92 Å². The third kappa shape index (κ3) is 4.11. The zero-order chi connectivity index (χ0) is 16.3. The smallest absolute Gasteiger partial charge is 0.255 e. The molecule has 1 amide bonds. The van der Waals surface area contributed by atoms with E-state index in [0.717, 1.165) is 11.8 Å². The molecule has 1 heterocycles. The van der Waals surface area contributed by atoms with Crippen molar-refractivity contribution in [3.63, 3.8) is 0 Å². The number of hydrogen-bond donors (Lipinski definition) is 2. The molecule has 118 valence electrons. The number of nitrogens with one attached hydrogen (secondary N) is 2. The fourth-order valence-electron chi connectivity index (χ4n) is 2.06. The van der Waals surface area contributed by atoms with Crippen LogP contribution in [-0.4, -0.2) is 20.6 Å². The van der Waals surface area contributed by atoms with Gasteiger partial charge in [0, 0.05) is 5.69 Å². The maximum absolute atomic E-state index is 12.1. The van der Waals surface area contributed by atoms with E-state index in [1.807, 2.05) is 13.0 Å². The summed E-state index contributed by atoms with van der Waals surface area (Å²) in [4.78, 5) is 12.1. The average Bonchev–Trinajstić information content (AvgIpc) is 2.83. The lowest BCUT2D eigenvalue weighted by Crippen LogP contribution is -2.26. The van der Waals surface area contributed by atoms with Crippen molar-refractivity contribution in [2.24, 2.45) is 0 Å². The van der Waals surface area contributed by atoms with Gasteiger partial charge < -0.3 is 9.73 Å². The summed E-state index contributed by atoms with van der Waals surface area (Å²) in [5.74, 6) is 0.317. The van der Waals surface area contributed by atoms with Crippen molar-refractivity contribution < 1.29 is 17.6 Å². The summed E-state index contributed by atoms with van der Waals surface area (Å²) in [5, 5.41) is 2.85. The lowest BCUT2D eigenvalue weighted by Gasteiger charge is -2.15. The van der Waals surface area contributed by atoms with Gasteiger partial charge in [0.2, 0.25) is 10.0 Å². The Morgan fingerprint density at radius 1 is 1.27 bits per heavy atom. The van der Waals surface area contributed by atoms with Gasteiger partial charge in [0.1, 0.15) is 5.76 Å². The van der Waals surface area contributed by atoms with Crippen molar-refractivity contribution >= 4 is 21.6 Å². The first kappa shape index (κ1) is 16.1. The molecule has 1 aromatic heterocycles. The minimum atomic E-state index is -3.33. The number of carbonyl (C=O) groups excluding carboxylic acids is 1. The zero-order valence-corrected chi connectivity index (χ0v) is 13.4. The molecule has 0 bridgehead atoms. The largest absolute Gasteiger partial charge is 0.469 e. The molecule has 0 spiro atoms. The van der Waals surface area contributed by atoms with Crippen LogP contribution in [0.3, 0.4) is 0 Å². The van der Waals surface area contributed by atoms with E-state index in [1.54, 1.807) is 31.2 Å². The second-order valence-electron chi connectivity index (χ2n) is 5.09. The van der Waals surface area contributed by atoms with Crippen molar-refractivity contribution in [3.05, 3.63) is 53.5 Å². The predicted octanol–water partition coefficient (Wildman–Crippen LogP) is 2.45. The highest BCUT2D eigenvalue weighted by Gasteiger charge is 2.15. The summed E-state index contributed by atoms with van der Waals surface area (Å²) in [5.41, 5.74) is 1.74. The minimum absolute atomic E-state index is 0.236. The summed E-state index contributed by atoms with van der Waals surface area (Å²) in [6.45, 7) is 3.54. The number of anilines is 1. The van der Waals surface area contributed by atoms with Gasteiger partial charge in [0.15, 0.2) is 0 Å². The maximum atomic E-state index is 12.1. The average molecular weight is 322 g/mol. The molecular weight excluding hydrogens is 304 g/mol. The highest BCUT2D eigenvalue weighted by molar-refractivity contribution is 7.92. The van der Waals surface area contributed by atoms with Gasteiger partial charge in [0.05, 0.1) is 24.1 Å². The van der Waals surface area contributed by atoms with Crippen molar-refractivity contribution in [2.45, 2.75) is 19.9 Å². The van der Waals surface area contributed by atoms with Crippen LogP contribution in [0.4, 0.5) is 5.69 Å². The fourth-order valence-corrected chi connectivity index (χ4v) is 2.62. The van der Waals surface area contributed by atoms with E-state index < -0.39 is 10.0 Å². The molecule has 0 aliphatic heterocycles. The Morgan fingerprint density at radius 2 is 2.00 bits per heavy atom. The standard InChI is InChI=1S/C15H18N2O4S/c1-10(16-15(18)14-7-8-21-11(14)2)12-5-4-6-13(9-12)17-22(3,19)20/h4-10,17H,1-3H3,(H,16,18)/t10-/m1/s1. The molecule has 0 aliphatic carbocycles. The Morgan fingerprint density at radius 3 is 2.59 bits per heavy atom. The molecule has 2 rings (SSSR count). The SMILES string of the molecule is Cc1occc1C(=O)N[C@H](C)c1cccc(NS(C)(=O)=O)c1. The highest BCUT2D eigenvalue weighted by Crippen LogP contribution is 2.19. The van der Waals surface area contributed by atoms with E-state index in [1.165, 1.54) is 6.26 Å². The monoisotopic (exact) mass is 322 g/mol. The molecule has 1 atom stereocenters. The van der Waals surface area contributed by atoms with Crippen molar-refractivity contribution in [1.29, 1.82) is 0 Å². The molecule has 6 nitrogen and oxygen atoms in total. The minimum Gasteiger partial charge on any atom is -0.469 e. The second kappa shape index (κ2) is 6.23. The molecule has 2 aromatic rings. The molecule has 7 heteroatoms. The van der Waals surface area contributed by atoms with Crippen LogP contribution < -0.4 is 10.0 Å². The van der Waals surface area contributed by atoms with E-state index in [0.29, 0.717) is 17.0 Å². The first-order chi connectivity index (χ1) is 10.3. The molecule has 0 fully saturated rings. The Labute approximate surface area is 129 Å². The lowest BCUT2D eigenvalue weighted by molar-refractivity contribution is 0.0938. The topological polar surface area (TPSA) is 88.4 Å². The van der Waals surface area contributed by atoms with Crippen LogP contribution in [0.25, 0.3) is 0 Å². The third-order valence-corrected chi connectivity index (χ3v) is 3.75. The molecule has 0 radical (unpaired) electrons. The fraction of sp³-hybridized carbons (Fsp3) is 0.267. The summed E-state index contributed by atoms with van der Waals surface area (Å²) in [6.07, 6.45) is 2.55. The van der Waals surface area contributed by atoms with E-state index in [2.05, 4.69) is 10.0 Å². The first-order valence-corrected chi connectivity index (χ1v) is 8.58. The van der Waals surface area contributed by atoms with Crippen LogP contribution in [0.1, 0.15) is 34.6 Å². The number of amides is 1. The molecule has 0 saturated carbocycles. The predicted molar refractivity (Wildman–Crippen MR) is 84.2 cm³/mol. The number of carbonyl (C=O) groups is 1. The molecular formula is C15H18N2O4S. The first-order valence-electron chi connectivity index (χ1n) is 6.69. The van der Waals surface area contributed by atoms with Gasteiger partial charge in [-0.25, -0.2) is 8.42 Å². The number of aryl methyl sites for hydroxylation is 1. The van der Waals surface area contributed by atoms with E-state index in [-0.39, 0.29) is 11.9 Å². The molecule has 1 aromatic carbocycles. The zero-order valence-electron chi connectivity index (χ0n) is 12.6. The van der Waals surface area contributed by atoms with E-state index >= 15 is 0 Å². The number of sulfonamides is 1. The number of benzene rings is 1. The number of rotatable bonds is 5. The van der Waals surface area contributed by atoms with E-state index in [9.17, 15) is 13.2 Å². The lowest BCUT2D eigenvalue weighted by atomic mass is 10.1. The number of furan rings is 1. The van der Waals surface area contributed by atoms with Crippen molar-refractivity contribution in [1.82, 2.24) is 5.32 Å². The molecule has 22 heavy (non-hydrogen) atoms. The van der Waals surface area contributed by atoms with Crippen LogP contribution >= 0.6 is 0 Å². The third-order valence-electron chi connectivity index (χ3n) is 3.14. The Hall–Kier alpha value is -2.28. The molecule has 2 N–H and O–H groups in total. The van der Waals surface area contributed by atoms with Crippen LogP contribution in [0.2, 0.25) is 0 Å². The van der Waals surface area contributed by atoms with Gasteiger partial charge in [-0.05, 0) is 37.6 Å². The normalized spacial score (nSPS) is 12.7. The molecule has 0 unspecified atom stereocenters. The molecule has 0 aliphatic rings. The summed E-state index contributed by atoms with van der Waals surface area (Å²) in [7, 11) is -3.33. The van der Waals surface area contributed by atoms with Crippen molar-refractivity contribution in [2.75, 3.05) is 11.0 Å². The van der Waals surface area contributed by atoms with Crippen LogP contribution in [0.5, 0.6) is 0 Å². The molecule has 0 saturated heterocycles. The highest BCUT2D eigenvalue weighted by atomic mass is 32.2. The van der Waals surface area contributed by atoms with Gasteiger partial charge in [0.25, 0.3) is 5.91 Å². The maximum Gasteiger partial charge on any atom is 0.255 e. The Bertz CT molecular complexity index is 780. The quantitative estimate of drug-likeness (QED) is 0.885. The van der Waals surface area contributed by atoms with Gasteiger partial charge in [-0.1, -0.05) is 12.1 Å². The second-order valence-corrected chi connectivity index (χ2v) is 6.83. The summed E-state index contributed by atoms with van der Waals surface area (Å²) >= 11 is 0. The number of hydrogen-bond acceptors (Lipinski definition) is 4. The summed E-state index contributed by atoms with van der Waals surface area (Å²) < 4.78 is 30.0. The van der Waals surface area contributed by atoms with Crippen LogP contribution in [-0.2, 0) is 10.0 Å². The van der Waals surface area contributed by atoms with Crippen molar-refractivity contribution in [3.8, 4) is 0 Å². The van der Waals surface area contributed by atoms with Crippen LogP contribution in [0.15, 0.2) is 41.0 Å². The van der Waals surface area contributed by atoms with Gasteiger partial charge in [-0.15, -0.1) is 0 Å². The Balaban J connectivity index is 2.13. The Kier molecular flexibility index (Phi) is 4.56. The van der Waals surface area contributed by atoms with Gasteiger partial charge in [-0.3, -0.25) is 9.52 Å². The van der Waals surface area contributed by atoms with E-state index in [4.69, 9.17) is 4.42 Å². The van der Waals surface area contributed by atoms with Gasteiger partial charge >= 0.3 is 0 Å². The summed E-state index contributed by atoms with van der Waals surface area (Å²) in [6, 6.07) is 8.23. The van der Waals surface area contributed by atoms with Gasteiger partial charge in [-0.2, -0.15) is 0 Å².